The zero-order valence-electron chi connectivity index (χ0n) is 15.6. The van der Waals surface area contributed by atoms with Crippen molar-refractivity contribution in [2.75, 3.05) is 19.1 Å². The maximum absolute atomic E-state index is 12.8. The van der Waals surface area contributed by atoms with Crippen LogP contribution in [0.1, 0.15) is 15.9 Å². The van der Waals surface area contributed by atoms with Crippen molar-refractivity contribution in [2.24, 2.45) is 0 Å². The van der Waals surface area contributed by atoms with Gasteiger partial charge in [0, 0.05) is 0 Å². The van der Waals surface area contributed by atoms with Gasteiger partial charge in [-0.2, -0.15) is 0 Å². The highest BCUT2D eigenvalue weighted by atomic mass is 16.5. The number of rotatable bonds is 5. The van der Waals surface area contributed by atoms with Crippen LogP contribution < -0.4 is 14.4 Å². The second kappa shape index (κ2) is 7.19. The second-order valence-corrected chi connectivity index (χ2v) is 6.50. The van der Waals surface area contributed by atoms with Gasteiger partial charge in [0.05, 0.1) is 32.0 Å². The second-order valence-electron chi connectivity index (χ2n) is 6.50. The summed E-state index contributed by atoms with van der Waals surface area (Å²) < 4.78 is 10.4. The number of ether oxygens (including phenoxy) is 2. The third-order valence-electron chi connectivity index (χ3n) is 4.90. The van der Waals surface area contributed by atoms with Crippen LogP contribution in [0.2, 0.25) is 0 Å². The van der Waals surface area contributed by atoms with Gasteiger partial charge in [0.2, 0.25) is 0 Å². The number of amides is 1. The Balaban J connectivity index is 1.72. The van der Waals surface area contributed by atoms with E-state index >= 15 is 0 Å². The van der Waals surface area contributed by atoms with Gasteiger partial charge in [-0.1, -0.05) is 36.4 Å². The maximum Gasteiger partial charge on any atom is 0.299 e. The summed E-state index contributed by atoms with van der Waals surface area (Å²) in [4.78, 5) is 27.0. The van der Waals surface area contributed by atoms with Crippen LogP contribution in [0.15, 0.2) is 66.7 Å². The summed E-state index contributed by atoms with van der Waals surface area (Å²) in [6, 6.07) is 20.5. The molecular formula is C23H19NO4. The zero-order valence-corrected chi connectivity index (χ0v) is 15.6. The van der Waals surface area contributed by atoms with Crippen molar-refractivity contribution in [2.45, 2.75) is 6.54 Å². The Hall–Kier alpha value is -3.60. The number of nitrogens with zero attached hydrogens (tertiary/aromatic N) is 1. The number of anilines is 1. The third kappa shape index (κ3) is 3.01. The molecule has 1 aliphatic rings. The molecule has 0 atom stereocenters. The van der Waals surface area contributed by atoms with E-state index in [9.17, 15) is 9.59 Å². The SMILES string of the molecule is COc1ccc(CN2C(=O)C(=O)c3c(-c4ccc(OC)cc4)cccc32)cc1. The molecule has 3 aromatic carbocycles. The summed E-state index contributed by atoms with van der Waals surface area (Å²) in [5, 5.41) is 0. The number of Topliss-reactive ketones (excluding diaryl/α,β-unsaturated/α-hetero) is 1. The molecule has 5 heteroatoms. The highest BCUT2D eigenvalue weighted by Gasteiger charge is 2.37. The molecule has 0 aromatic heterocycles. The van der Waals surface area contributed by atoms with Crippen molar-refractivity contribution in [3.05, 3.63) is 77.9 Å². The normalized spacial score (nSPS) is 12.9. The average molecular weight is 373 g/mol. The van der Waals surface area contributed by atoms with Crippen LogP contribution in [0.5, 0.6) is 11.5 Å². The molecule has 3 aromatic rings. The molecule has 140 valence electrons. The smallest absolute Gasteiger partial charge is 0.299 e. The summed E-state index contributed by atoms with van der Waals surface area (Å²) >= 11 is 0. The molecule has 5 nitrogen and oxygen atoms in total. The van der Waals surface area contributed by atoms with E-state index in [-0.39, 0.29) is 0 Å². The van der Waals surface area contributed by atoms with E-state index in [0.29, 0.717) is 17.8 Å². The number of ketones is 1. The van der Waals surface area contributed by atoms with Crippen molar-refractivity contribution >= 4 is 17.4 Å². The fourth-order valence-corrected chi connectivity index (χ4v) is 3.42. The van der Waals surface area contributed by atoms with Crippen LogP contribution in [0.3, 0.4) is 0 Å². The Morgan fingerprint density at radius 2 is 1.39 bits per heavy atom. The van der Waals surface area contributed by atoms with Crippen molar-refractivity contribution in [3.8, 4) is 22.6 Å². The van der Waals surface area contributed by atoms with Gasteiger partial charge in [-0.25, -0.2) is 0 Å². The van der Waals surface area contributed by atoms with E-state index in [0.717, 1.165) is 28.2 Å². The Labute approximate surface area is 163 Å². The highest BCUT2D eigenvalue weighted by molar-refractivity contribution is 6.53. The largest absolute Gasteiger partial charge is 0.497 e. The molecule has 0 N–H and O–H groups in total. The predicted octanol–water partition coefficient (Wildman–Crippen LogP) is 4.10. The number of hydrogen-bond acceptors (Lipinski definition) is 4. The van der Waals surface area contributed by atoms with Crippen molar-refractivity contribution in [3.63, 3.8) is 0 Å². The molecule has 0 spiro atoms. The molecule has 0 bridgehead atoms. The quantitative estimate of drug-likeness (QED) is 0.632. The first-order chi connectivity index (χ1) is 13.6. The molecule has 1 aliphatic heterocycles. The van der Waals surface area contributed by atoms with E-state index in [1.807, 2.05) is 66.7 Å². The van der Waals surface area contributed by atoms with Crippen LogP contribution in [0.4, 0.5) is 5.69 Å². The van der Waals surface area contributed by atoms with Crippen molar-refractivity contribution in [1.82, 2.24) is 0 Å². The molecule has 1 amide bonds. The molecule has 0 radical (unpaired) electrons. The van der Waals surface area contributed by atoms with Gasteiger partial charge in [0.1, 0.15) is 11.5 Å². The van der Waals surface area contributed by atoms with Crippen molar-refractivity contribution < 1.29 is 19.1 Å². The fourth-order valence-electron chi connectivity index (χ4n) is 3.42. The Morgan fingerprint density at radius 3 is 2.00 bits per heavy atom. The minimum absolute atomic E-state index is 0.327. The van der Waals surface area contributed by atoms with Gasteiger partial charge in [-0.3, -0.25) is 9.59 Å². The zero-order chi connectivity index (χ0) is 19.7. The van der Waals surface area contributed by atoms with E-state index in [1.54, 1.807) is 14.2 Å². The van der Waals surface area contributed by atoms with Crippen LogP contribution in [-0.2, 0) is 11.3 Å². The topological polar surface area (TPSA) is 55.8 Å². The number of benzene rings is 3. The molecule has 1 heterocycles. The van der Waals surface area contributed by atoms with Crippen LogP contribution in [0.25, 0.3) is 11.1 Å². The Morgan fingerprint density at radius 1 is 0.786 bits per heavy atom. The van der Waals surface area contributed by atoms with Crippen molar-refractivity contribution in [1.29, 1.82) is 0 Å². The molecule has 0 aliphatic carbocycles. The van der Waals surface area contributed by atoms with Crippen LogP contribution in [-0.4, -0.2) is 25.9 Å². The minimum atomic E-state index is -0.508. The number of carbonyl (C=O) groups is 2. The molecule has 4 rings (SSSR count). The minimum Gasteiger partial charge on any atom is -0.497 e. The van der Waals surface area contributed by atoms with Gasteiger partial charge in [0.15, 0.2) is 0 Å². The maximum atomic E-state index is 12.8. The average Bonchev–Trinajstić information content (AvgIpc) is 2.99. The van der Waals surface area contributed by atoms with E-state index < -0.39 is 11.7 Å². The predicted molar refractivity (Wildman–Crippen MR) is 107 cm³/mol. The Bertz CT molecular complexity index is 1040. The lowest BCUT2D eigenvalue weighted by molar-refractivity contribution is -0.114. The van der Waals surface area contributed by atoms with Crippen LogP contribution in [0, 0.1) is 0 Å². The Kier molecular flexibility index (Phi) is 4.57. The molecule has 28 heavy (non-hydrogen) atoms. The molecule has 0 unspecified atom stereocenters. The monoisotopic (exact) mass is 373 g/mol. The lowest BCUT2D eigenvalue weighted by Gasteiger charge is -2.17. The van der Waals surface area contributed by atoms with Gasteiger partial charge in [-0.05, 0) is 47.0 Å². The standard InChI is InChI=1S/C23H19NO4/c1-27-17-10-6-15(7-11-17)14-24-20-5-3-4-19(21(20)22(25)23(24)26)16-8-12-18(28-2)13-9-16/h3-13H,14H2,1-2H3. The fraction of sp³-hybridized carbons (Fsp3) is 0.130. The van der Waals surface area contributed by atoms with Gasteiger partial charge >= 0.3 is 0 Å². The first kappa shape index (κ1) is 17.8. The first-order valence-corrected chi connectivity index (χ1v) is 8.89. The molecular weight excluding hydrogens is 354 g/mol. The van der Waals surface area contributed by atoms with Gasteiger partial charge in [-0.15, -0.1) is 0 Å². The summed E-state index contributed by atoms with van der Waals surface area (Å²) in [7, 11) is 3.21. The number of fused-ring (bicyclic) bond motifs is 1. The van der Waals surface area contributed by atoms with Gasteiger partial charge < -0.3 is 14.4 Å². The summed E-state index contributed by atoms with van der Waals surface area (Å²) in [6.07, 6.45) is 0. The van der Waals surface area contributed by atoms with Crippen LogP contribution >= 0.6 is 0 Å². The lowest BCUT2D eigenvalue weighted by atomic mass is 9.97. The number of methoxy groups -OCH3 is 2. The van der Waals surface area contributed by atoms with Gasteiger partial charge in [0.25, 0.3) is 11.7 Å². The molecule has 0 saturated heterocycles. The number of carbonyl (C=O) groups excluding carboxylic acids is 2. The highest BCUT2D eigenvalue weighted by Crippen LogP contribution is 2.38. The first-order valence-electron chi connectivity index (χ1n) is 8.89. The van der Waals surface area contributed by atoms with E-state index in [1.165, 1.54) is 4.90 Å². The summed E-state index contributed by atoms with van der Waals surface area (Å²) in [5.41, 5.74) is 3.62. The molecule has 0 fully saturated rings. The summed E-state index contributed by atoms with van der Waals surface area (Å²) in [6.45, 7) is 0.327. The number of hydrogen-bond donors (Lipinski definition) is 0. The third-order valence-corrected chi connectivity index (χ3v) is 4.90. The summed E-state index contributed by atoms with van der Waals surface area (Å²) in [5.74, 6) is 0.497. The molecule has 0 saturated carbocycles. The lowest BCUT2D eigenvalue weighted by Crippen LogP contribution is -2.29. The van der Waals surface area contributed by atoms with E-state index in [2.05, 4.69) is 0 Å². The van der Waals surface area contributed by atoms with E-state index in [4.69, 9.17) is 9.47 Å².